The molecule has 0 aromatic carbocycles. The summed E-state index contributed by atoms with van der Waals surface area (Å²) in [6, 6.07) is 0. The van der Waals surface area contributed by atoms with Gasteiger partial charge in [-0.2, -0.15) is 11.8 Å². The molecule has 1 aliphatic carbocycles. The van der Waals surface area contributed by atoms with E-state index in [2.05, 4.69) is 6.26 Å². The molecule has 15 heavy (non-hydrogen) atoms. The van der Waals surface area contributed by atoms with Crippen LogP contribution >= 0.6 is 11.8 Å². The first-order chi connectivity index (χ1) is 7.07. The lowest BCUT2D eigenvalue weighted by Gasteiger charge is -2.26. The van der Waals surface area contributed by atoms with Crippen molar-refractivity contribution in [3.05, 3.63) is 0 Å². The fraction of sp³-hybridized carbons (Fsp3) is 0.909. The molecule has 4 heteroatoms. The molecule has 0 heterocycles. The Hall–Kier alpha value is -0.220. The van der Waals surface area contributed by atoms with Gasteiger partial charge in [0.2, 0.25) is 5.91 Å². The first kappa shape index (κ1) is 12.8. The van der Waals surface area contributed by atoms with Crippen molar-refractivity contribution in [2.24, 2.45) is 5.73 Å². The van der Waals surface area contributed by atoms with Gasteiger partial charge in [-0.1, -0.05) is 12.8 Å². The van der Waals surface area contributed by atoms with Gasteiger partial charge in [-0.3, -0.25) is 4.79 Å². The summed E-state index contributed by atoms with van der Waals surface area (Å²) in [4.78, 5) is 13.7. The molecular formula is C11H22N2OS. The third kappa shape index (κ3) is 4.03. The van der Waals surface area contributed by atoms with E-state index >= 15 is 0 Å². The van der Waals surface area contributed by atoms with Crippen molar-refractivity contribution in [2.75, 3.05) is 25.6 Å². The molecule has 0 aliphatic heterocycles. The fourth-order valence-corrected chi connectivity index (χ4v) is 2.50. The number of hydrogen-bond acceptors (Lipinski definition) is 3. The van der Waals surface area contributed by atoms with Gasteiger partial charge in [-0.25, -0.2) is 0 Å². The molecule has 88 valence electrons. The van der Waals surface area contributed by atoms with Crippen LogP contribution in [0.25, 0.3) is 0 Å². The molecule has 1 fully saturated rings. The van der Waals surface area contributed by atoms with Crippen molar-refractivity contribution in [3.8, 4) is 0 Å². The molecule has 0 radical (unpaired) electrons. The van der Waals surface area contributed by atoms with Crippen LogP contribution in [0.15, 0.2) is 0 Å². The SMILES string of the molecule is CSCCN(C)C(=O)CC1(N)CCCC1. The zero-order valence-corrected chi connectivity index (χ0v) is 10.6. The van der Waals surface area contributed by atoms with Crippen LogP contribution in [0.3, 0.4) is 0 Å². The summed E-state index contributed by atoms with van der Waals surface area (Å²) >= 11 is 1.76. The van der Waals surface area contributed by atoms with Gasteiger partial charge >= 0.3 is 0 Å². The number of hydrogen-bond donors (Lipinski definition) is 1. The first-order valence-corrected chi connectivity index (χ1v) is 6.98. The van der Waals surface area contributed by atoms with E-state index in [1.54, 1.807) is 11.8 Å². The minimum atomic E-state index is -0.204. The molecule has 0 aromatic heterocycles. The first-order valence-electron chi connectivity index (χ1n) is 5.59. The summed E-state index contributed by atoms with van der Waals surface area (Å²) in [6.45, 7) is 0.829. The fourth-order valence-electron chi connectivity index (χ4n) is 2.04. The predicted molar refractivity (Wildman–Crippen MR) is 66.0 cm³/mol. The molecule has 3 nitrogen and oxygen atoms in total. The monoisotopic (exact) mass is 230 g/mol. The van der Waals surface area contributed by atoms with E-state index in [4.69, 9.17) is 5.73 Å². The molecule has 0 spiro atoms. The average Bonchev–Trinajstić information content (AvgIpc) is 2.61. The number of nitrogens with two attached hydrogens (primary N) is 1. The number of thioether (sulfide) groups is 1. The molecule has 1 saturated carbocycles. The Morgan fingerprint density at radius 1 is 1.47 bits per heavy atom. The molecule has 0 bridgehead atoms. The van der Waals surface area contributed by atoms with Crippen LogP contribution in [0.4, 0.5) is 0 Å². The van der Waals surface area contributed by atoms with Crippen molar-refractivity contribution >= 4 is 17.7 Å². The lowest BCUT2D eigenvalue weighted by molar-refractivity contribution is -0.130. The Kier molecular flexibility index (Phi) is 4.93. The lowest BCUT2D eigenvalue weighted by Crippen LogP contribution is -2.43. The average molecular weight is 230 g/mol. The maximum Gasteiger partial charge on any atom is 0.224 e. The Morgan fingerprint density at radius 2 is 2.07 bits per heavy atom. The third-order valence-electron chi connectivity index (χ3n) is 3.16. The number of carbonyl (C=O) groups is 1. The Labute approximate surface area is 96.8 Å². The molecular weight excluding hydrogens is 208 g/mol. The van der Waals surface area contributed by atoms with E-state index in [1.165, 1.54) is 12.8 Å². The highest BCUT2D eigenvalue weighted by Gasteiger charge is 2.32. The van der Waals surface area contributed by atoms with E-state index in [-0.39, 0.29) is 11.4 Å². The predicted octanol–water partition coefficient (Wildman–Crippen LogP) is 1.47. The van der Waals surface area contributed by atoms with Crippen LogP contribution in [0, 0.1) is 0 Å². The highest BCUT2D eigenvalue weighted by molar-refractivity contribution is 7.98. The lowest BCUT2D eigenvalue weighted by atomic mass is 9.94. The molecule has 0 atom stereocenters. The van der Waals surface area contributed by atoms with Gasteiger partial charge in [0.15, 0.2) is 0 Å². The Bertz CT molecular complexity index is 215. The molecule has 0 saturated heterocycles. The summed E-state index contributed by atoms with van der Waals surface area (Å²) in [7, 11) is 1.87. The van der Waals surface area contributed by atoms with E-state index < -0.39 is 0 Å². The second-order valence-corrected chi connectivity index (χ2v) is 5.54. The minimum Gasteiger partial charge on any atom is -0.345 e. The summed E-state index contributed by atoms with van der Waals surface area (Å²) in [5.74, 6) is 1.20. The summed E-state index contributed by atoms with van der Waals surface area (Å²) < 4.78 is 0. The van der Waals surface area contributed by atoms with Crippen molar-refractivity contribution in [3.63, 3.8) is 0 Å². The molecule has 2 N–H and O–H groups in total. The van der Waals surface area contributed by atoms with E-state index in [0.717, 1.165) is 25.1 Å². The minimum absolute atomic E-state index is 0.202. The molecule has 1 aliphatic rings. The van der Waals surface area contributed by atoms with Gasteiger partial charge in [0.1, 0.15) is 0 Å². The Balaban J connectivity index is 2.33. The van der Waals surface area contributed by atoms with Crippen LogP contribution in [0.2, 0.25) is 0 Å². The summed E-state index contributed by atoms with van der Waals surface area (Å²) in [5, 5.41) is 0. The van der Waals surface area contributed by atoms with Gasteiger partial charge in [-0.05, 0) is 19.1 Å². The maximum atomic E-state index is 11.8. The van der Waals surface area contributed by atoms with Crippen molar-refractivity contribution in [1.29, 1.82) is 0 Å². The van der Waals surface area contributed by atoms with Gasteiger partial charge < -0.3 is 10.6 Å². The van der Waals surface area contributed by atoms with Gasteiger partial charge in [0.05, 0.1) is 0 Å². The van der Waals surface area contributed by atoms with Crippen LogP contribution in [0.1, 0.15) is 32.1 Å². The normalized spacial score (nSPS) is 19.1. The largest absolute Gasteiger partial charge is 0.345 e. The van der Waals surface area contributed by atoms with Gasteiger partial charge in [0.25, 0.3) is 0 Å². The summed E-state index contributed by atoms with van der Waals surface area (Å²) in [6.07, 6.45) is 6.96. The molecule has 1 rings (SSSR count). The topological polar surface area (TPSA) is 46.3 Å². The number of amides is 1. The molecule has 1 amide bonds. The van der Waals surface area contributed by atoms with Crippen LogP contribution in [-0.4, -0.2) is 41.9 Å². The van der Waals surface area contributed by atoms with Gasteiger partial charge in [-0.15, -0.1) is 0 Å². The van der Waals surface area contributed by atoms with Crippen LogP contribution in [-0.2, 0) is 4.79 Å². The van der Waals surface area contributed by atoms with E-state index in [9.17, 15) is 4.79 Å². The molecule has 0 unspecified atom stereocenters. The second-order valence-electron chi connectivity index (χ2n) is 4.55. The highest BCUT2D eigenvalue weighted by atomic mass is 32.2. The van der Waals surface area contributed by atoms with E-state index in [0.29, 0.717) is 6.42 Å². The second kappa shape index (κ2) is 5.75. The zero-order chi connectivity index (χ0) is 11.3. The van der Waals surface area contributed by atoms with Crippen LogP contribution < -0.4 is 5.73 Å². The summed E-state index contributed by atoms with van der Waals surface area (Å²) in [5.41, 5.74) is 5.97. The standard InChI is InChI=1S/C11H22N2OS/c1-13(7-8-15-2)10(14)9-11(12)5-3-4-6-11/h3-9,12H2,1-2H3. The highest BCUT2D eigenvalue weighted by Crippen LogP contribution is 2.30. The number of carbonyl (C=O) groups excluding carboxylic acids is 1. The number of rotatable bonds is 5. The van der Waals surface area contributed by atoms with Crippen molar-refractivity contribution in [1.82, 2.24) is 4.90 Å². The zero-order valence-electron chi connectivity index (χ0n) is 9.79. The quantitative estimate of drug-likeness (QED) is 0.778. The smallest absolute Gasteiger partial charge is 0.224 e. The number of nitrogens with zero attached hydrogens (tertiary/aromatic N) is 1. The molecule has 0 aromatic rings. The maximum absolute atomic E-state index is 11.8. The Morgan fingerprint density at radius 3 is 2.60 bits per heavy atom. The van der Waals surface area contributed by atoms with Crippen LogP contribution in [0.5, 0.6) is 0 Å². The van der Waals surface area contributed by atoms with Gasteiger partial charge in [0, 0.05) is 31.3 Å². The van der Waals surface area contributed by atoms with E-state index in [1.807, 2.05) is 11.9 Å². The van der Waals surface area contributed by atoms with Crippen molar-refractivity contribution in [2.45, 2.75) is 37.6 Å². The van der Waals surface area contributed by atoms with Crippen molar-refractivity contribution < 1.29 is 4.79 Å². The third-order valence-corrected chi connectivity index (χ3v) is 3.75.